The highest BCUT2D eigenvalue weighted by atomic mass is 32.1. The molecule has 4 heteroatoms. The van der Waals surface area contributed by atoms with Crippen molar-refractivity contribution in [3.63, 3.8) is 0 Å². The number of aromatic nitrogens is 3. The average Bonchev–Trinajstić information content (AvgIpc) is 3.59. The van der Waals surface area contributed by atoms with Gasteiger partial charge in [0.2, 0.25) is 0 Å². The Labute approximate surface area is 299 Å². The van der Waals surface area contributed by atoms with Gasteiger partial charge in [-0.2, -0.15) is 0 Å². The van der Waals surface area contributed by atoms with Crippen molar-refractivity contribution in [3.8, 4) is 56.4 Å². The molecule has 0 saturated heterocycles. The van der Waals surface area contributed by atoms with Crippen molar-refractivity contribution in [3.05, 3.63) is 176 Å². The van der Waals surface area contributed by atoms with Gasteiger partial charge in [-0.15, -0.1) is 11.3 Å². The molecule has 0 saturated carbocycles. The third-order valence-electron chi connectivity index (χ3n) is 9.71. The standard InChI is InChI=1S/C47H29N3S/c1-2-11-30(12-3-1)33-15-8-16-35(27-33)45-48-46(50-47(49-45)42-21-10-20-41-40-18-6-7-22-43(40)51-44(41)42)36-26-24-31-23-25-34(28-37(31)29-36)39-19-9-14-32-13-4-5-17-38(32)39/h1-29H. The SMILES string of the molecule is c1ccc(-c2cccc(-c3nc(-c4ccc5ccc(-c6cccc7ccccc67)cc5c4)nc(-c4cccc5c4sc4ccccc45)n3)c2)cc1. The van der Waals surface area contributed by atoms with Gasteiger partial charge in [0.15, 0.2) is 17.5 Å². The van der Waals surface area contributed by atoms with Crippen LogP contribution in [0.5, 0.6) is 0 Å². The van der Waals surface area contributed by atoms with Crippen LogP contribution in [0, 0.1) is 0 Å². The van der Waals surface area contributed by atoms with Gasteiger partial charge < -0.3 is 0 Å². The van der Waals surface area contributed by atoms with Crippen LogP contribution in [0.25, 0.3) is 98.1 Å². The minimum Gasteiger partial charge on any atom is -0.208 e. The lowest BCUT2D eigenvalue weighted by Crippen LogP contribution is -2.00. The van der Waals surface area contributed by atoms with Gasteiger partial charge in [-0.05, 0) is 74.1 Å². The van der Waals surface area contributed by atoms with Crippen molar-refractivity contribution >= 4 is 53.1 Å². The second-order valence-corrected chi connectivity index (χ2v) is 13.9. The van der Waals surface area contributed by atoms with E-state index in [2.05, 4.69) is 170 Å². The van der Waals surface area contributed by atoms with Gasteiger partial charge in [0, 0.05) is 36.9 Å². The van der Waals surface area contributed by atoms with Gasteiger partial charge in [-0.1, -0.05) is 146 Å². The zero-order valence-corrected chi connectivity index (χ0v) is 28.3. The van der Waals surface area contributed by atoms with E-state index in [1.165, 1.54) is 47.5 Å². The Bertz CT molecular complexity index is 2920. The molecule has 0 fully saturated rings. The molecule has 2 aromatic heterocycles. The molecule has 0 unspecified atom stereocenters. The molecule has 0 N–H and O–H groups in total. The summed E-state index contributed by atoms with van der Waals surface area (Å²) in [5.41, 5.74) is 7.59. The van der Waals surface area contributed by atoms with Crippen molar-refractivity contribution in [1.29, 1.82) is 0 Å². The van der Waals surface area contributed by atoms with Crippen LogP contribution < -0.4 is 0 Å². The topological polar surface area (TPSA) is 38.7 Å². The summed E-state index contributed by atoms with van der Waals surface area (Å²) >= 11 is 1.79. The summed E-state index contributed by atoms with van der Waals surface area (Å²) in [6.45, 7) is 0. The molecule has 10 rings (SSSR count). The predicted octanol–water partition coefficient (Wildman–Crippen LogP) is 12.9. The van der Waals surface area contributed by atoms with E-state index in [0.29, 0.717) is 17.5 Å². The number of hydrogen-bond acceptors (Lipinski definition) is 4. The van der Waals surface area contributed by atoms with E-state index in [4.69, 9.17) is 15.0 Å². The van der Waals surface area contributed by atoms with Crippen molar-refractivity contribution in [2.75, 3.05) is 0 Å². The highest BCUT2D eigenvalue weighted by Gasteiger charge is 2.17. The second kappa shape index (κ2) is 12.1. The van der Waals surface area contributed by atoms with Crippen LogP contribution >= 0.6 is 11.3 Å². The van der Waals surface area contributed by atoms with Crippen LogP contribution in [0.1, 0.15) is 0 Å². The van der Waals surface area contributed by atoms with Gasteiger partial charge in [0.05, 0.1) is 0 Å². The lowest BCUT2D eigenvalue weighted by atomic mass is 9.95. The fourth-order valence-electron chi connectivity index (χ4n) is 7.18. The van der Waals surface area contributed by atoms with E-state index < -0.39 is 0 Å². The summed E-state index contributed by atoms with van der Waals surface area (Å²) in [6.07, 6.45) is 0. The summed E-state index contributed by atoms with van der Waals surface area (Å²) < 4.78 is 2.43. The Morgan fingerprint density at radius 2 is 0.902 bits per heavy atom. The molecule has 0 radical (unpaired) electrons. The van der Waals surface area contributed by atoms with Crippen molar-refractivity contribution in [2.24, 2.45) is 0 Å². The minimum absolute atomic E-state index is 0.649. The van der Waals surface area contributed by atoms with Gasteiger partial charge >= 0.3 is 0 Å². The Morgan fingerprint density at radius 3 is 1.78 bits per heavy atom. The van der Waals surface area contributed by atoms with Gasteiger partial charge in [-0.25, -0.2) is 15.0 Å². The van der Waals surface area contributed by atoms with Crippen LogP contribution in [0.3, 0.4) is 0 Å². The summed E-state index contributed by atoms with van der Waals surface area (Å²) in [6, 6.07) is 62.2. The largest absolute Gasteiger partial charge is 0.208 e. The summed E-state index contributed by atoms with van der Waals surface area (Å²) in [5.74, 6) is 1.97. The molecule has 8 aromatic carbocycles. The van der Waals surface area contributed by atoms with E-state index in [9.17, 15) is 0 Å². The molecule has 238 valence electrons. The van der Waals surface area contributed by atoms with E-state index in [1.54, 1.807) is 11.3 Å². The molecular formula is C47H29N3S. The van der Waals surface area contributed by atoms with Gasteiger partial charge in [0.1, 0.15) is 0 Å². The molecule has 10 aromatic rings. The highest BCUT2D eigenvalue weighted by Crippen LogP contribution is 2.40. The fourth-order valence-corrected chi connectivity index (χ4v) is 8.39. The molecule has 0 aliphatic rings. The molecule has 0 aliphatic heterocycles. The molecule has 0 bridgehead atoms. The van der Waals surface area contributed by atoms with E-state index in [-0.39, 0.29) is 0 Å². The maximum Gasteiger partial charge on any atom is 0.165 e. The molecule has 51 heavy (non-hydrogen) atoms. The Kier molecular flexibility index (Phi) is 7.00. The van der Waals surface area contributed by atoms with Crippen LogP contribution in [0.4, 0.5) is 0 Å². The number of nitrogens with zero attached hydrogens (tertiary/aromatic N) is 3. The maximum atomic E-state index is 5.21. The molecule has 0 amide bonds. The van der Waals surface area contributed by atoms with Crippen LogP contribution in [-0.4, -0.2) is 15.0 Å². The lowest BCUT2D eigenvalue weighted by molar-refractivity contribution is 1.08. The van der Waals surface area contributed by atoms with Crippen molar-refractivity contribution < 1.29 is 0 Å². The number of hydrogen-bond donors (Lipinski definition) is 0. The van der Waals surface area contributed by atoms with Crippen molar-refractivity contribution in [2.45, 2.75) is 0 Å². The zero-order chi connectivity index (χ0) is 33.7. The third kappa shape index (κ3) is 5.25. The second-order valence-electron chi connectivity index (χ2n) is 12.8. The number of rotatable bonds is 5. The van der Waals surface area contributed by atoms with Crippen LogP contribution in [0.2, 0.25) is 0 Å². The molecule has 0 atom stereocenters. The first kappa shape index (κ1) is 29.4. The summed E-state index contributed by atoms with van der Waals surface area (Å²) in [5, 5.41) is 7.26. The first-order chi connectivity index (χ1) is 25.2. The lowest BCUT2D eigenvalue weighted by Gasteiger charge is -2.11. The number of fused-ring (bicyclic) bond motifs is 5. The average molecular weight is 668 g/mol. The van der Waals surface area contributed by atoms with E-state index in [1.807, 2.05) is 6.07 Å². The number of benzene rings is 8. The normalized spacial score (nSPS) is 11.5. The van der Waals surface area contributed by atoms with Gasteiger partial charge in [-0.3, -0.25) is 0 Å². The maximum absolute atomic E-state index is 5.21. The van der Waals surface area contributed by atoms with Crippen molar-refractivity contribution in [1.82, 2.24) is 15.0 Å². The van der Waals surface area contributed by atoms with E-state index >= 15 is 0 Å². The highest BCUT2D eigenvalue weighted by molar-refractivity contribution is 7.26. The third-order valence-corrected chi connectivity index (χ3v) is 10.9. The minimum atomic E-state index is 0.649. The first-order valence-corrected chi connectivity index (χ1v) is 17.9. The molecule has 0 spiro atoms. The molecule has 3 nitrogen and oxygen atoms in total. The first-order valence-electron chi connectivity index (χ1n) is 17.1. The molecule has 0 aliphatic carbocycles. The monoisotopic (exact) mass is 667 g/mol. The summed E-state index contributed by atoms with van der Waals surface area (Å²) in [4.78, 5) is 15.6. The Balaban J connectivity index is 1.16. The van der Waals surface area contributed by atoms with E-state index in [0.717, 1.165) is 33.2 Å². The molecule has 2 heterocycles. The van der Waals surface area contributed by atoms with Crippen LogP contribution in [-0.2, 0) is 0 Å². The van der Waals surface area contributed by atoms with Gasteiger partial charge in [0.25, 0.3) is 0 Å². The van der Waals surface area contributed by atoms with Crippen LogP contribution in [0.15, 0.2) is 176 Å². The molecular weight excluding hydrogens is 639 g/mol. The number of thiophene rings is 1. The Hall–Kier alpha value is -6.49. The summed E-state index contributed by atoms with van der Waals surface area (Å²) in [7, 11) is 0. The Morgan fingerprint density at radius 1 is 0.314 bits per heavy atom. The zero-order valence-electron chi connectivity index (χ0n) is 27.5. The smallest absolute Gasteiger partial charge is 0.165 e. The fraction of sp³-hybridized carbons (Fsp3) is 0. The quantitative estimate of drug-likeness (QED) is 0.183. The predicted molar refractivity (Wildman–Crippen MR) is 215 cm³/mol.